The molecule has 0 bridgehead atoms. The van der Waals surface area contributed by atoms with Crippen LogP contribution in [0.25, 0.3) is 22.3 Å². The van der Waals surface area contributed by atoms with Gasteiger partial charge in [-0.15, -0.1) is 0 Å². The molecule has 0 saturated carbocycles. The number of pyridine rings is 2. The highest BCUT2D eigenvalue weighted by Crippen LogP contribution is 2.34. The molecule has 0 unspecified atom stereocenters. The van der Waals surface area contributed by atoms with Crippen LogP contribution in [0.4, 0.5) is 5.82 Å². The average Bonchev–Trinajstić information content (AvgIpc) is 3.07. The van der Waals surface area contributed by atoms with Crippen LogP contribution in [0.3, 0.4) is 0 Å². The van der Waals surface area contributed by atoms with Gasteiger partial charge in [0.05, 0.1) is 30.4 Å². The highest BCUT2D eigenvalue weighted by Gasteiger charge is 2.25. The van der Waals surface area contributed by atoms with Crippen molar-refractivity contribution < 1.29 is 4.74 Å². The minimum Gasteiger partial charge on any atom is -0.494 e. The van der Waals surface area contributed by atoms with Crippen LogP contribution in [-0.4, -0.2) is 46.2 Å². The average molecular weight is 322 g/mol. The van der Waals surface area contributed by atoms with E-state index in [1.165, 1.54) is 0 Å². The summed E-state index contributed by atoms with van der Waals surface area (Å²) in [5.41, 5.74) is 7.76. The van der Waals surface area contributed by atoms with Crippen LogP contribution < -0.4 is 15.4 Å². The van der Waals surface area contributed by atoms with Gasteiger partial charge in [0.25, 0.3) is 0 Å². The van der Waals surface area contributed by atoms with E-state index >= 15 is 0 Å². The largest absolute Gasteiger partial charge is 0.494 e. The SMILES string of the molecule is COc1cncc2nc(-c3ccncc3)nc(N3CC[C@@H](N)C3)c12. The number of fused-ring (bicyclic) bond motifs is 1. The van der Waals surface area contributed by atoms with Crippen molar-refractivity contribution in [2.45, 2.75) is 12.5 Å². The Labute approximate surface area is 139 Å². The second-order valence-electron chi connectivity index (χ2n) is 5.84. The lowest BCUT2D eigenvalue weighted by Gasteiger charge is -2.20. The summed E-state index contributed by atoms with van der Waals surface area (Å²) in [6.07, 6.45) is 7.85. The molecule has 1 atom stereocenters. The Balaban J connectivity index is 1.95. The Hall–Kier alpha value is -2.80. The number of anilines is 1. The molecule has 2 N–H and O–H groups in total. The van der Waals surface area contributed by atoms with Gasteiger partial charge in [-0.2, -0.15) is 0 Å². The van der Waals surface area contributed by atoms with E-state index < -0.39 is 0 Å². The van der Waals surface area contributed by atoms with Gasteiger partial charge in [-0.3, -0.25) is 9.97 Å². The van der Waals surface area contributed by atoms with Crippen molar-refractivity contribution in [2.24, 2.45) is 5.73 Å². The van der Waals surface area contributed by atoms with Crippen LogP contribution in [0.15, 0.2) is 36.9 Å². The molecule has 0 aromatic carbocycles. The number of nitrogens with two attached hydrogens (primary N) is 1. The summed E-state index contributed by atoms with van der Waals surface area (Å²) in [5, 5.41) is 0.874. The Morgan fingerprint density at radius 3 is 2.71 bits per heavy atom. The third kappa shape index (κ3) is 2.52. The Morgan fingerprint density at radius 1 is 1.17 bits per heavy atom. The minimum atomic E-state index is 0.159. The van der Waals surface area contributed by atoms with Crippen molar-refractivity contribution >= 4 is 16.7 Å². The van der Waals surface area contributed by atoms with Gasteiger partial charge in [-0.05, 0) is 18.6 Å². The molecule has 1 aliphatic rings. The highest BCUT2D eigenvalue weighted by atomic mass is 16.5. The quantitative estimate of drug-likeness (QED) is 0.783. The van der Waals surface area contributed by atoms with Gasteiger partial charge in [0.1, 0.15) is 11.6 Å². The predicted octanol–water partition coefficient (Wildman–Crippen LogP) is 1.63. The van der Waals surface area contributed by atoms with Gasteiger partial charge in [0.15, 0.2) is 5.82 Å². The van der Waals surface area contributed by atoms with Crippen molar-refractivity contribution in [1.82, 2.24) is 19.9 Å². The zero-order valence-electron chi connectivity index (χ0n) is 13.4. The topological polar surface area (TPSA) is 90.0 Å². The van der Waals surface area contributed by atoms with Crippen molar-refractivity contribution in [2.75, 3.05) is 25.1 Å². The standard InChI is InChI=1S/C17H18N6O/c1-24-14-9-20-8-13-15(14)17(23-7-4-12(18)10-23)22-16(21-13)11-2-5-19-6-3-11/h2-3,5-6,8-9,12H,4,7,10,18H2,1H3/t12-/m1/s1. The summed E-state index contributed by atoms with van der Waals surface area (Å²) in [6, 6.07) is 3.95. The molecule has 4 heterocycles. The fraction of sp³-hybridized carbons (Fsp3) is 0.294. The summed E-state index contributed by atoms with van der Waals surface area (Å²) in [5.74, 6) is 2.17. The molecule has 24 heavy (non-hydrogen) atoms. The number of rotatable bonds is 3. The van der Waals surface area contributed by atoms with E-state index in [4.69, 9.17) is 15.5 Å². The van der Waals surface area contributed by atoms with Crippen LogP contribution in [0, 0.1) is 0 Å². The molecular formula is C17H18N6O. The molecule has 1 aliphatic heterocycles. The second kappa shape index (κ2) is 6.01. The molecule has 122 valence electrons. The van der Waals surface area contributed by atoms with Gasteiger partial charge < -0.3 is 15.4 Å². The maximum Gasteiger partial charge on any atom is 0.162 e. The van der Waals surface area contributed by atoms with Crippen molar-refractivity contribution in [3.63, 3.8) is 0 Å². The highest BCUT2D eigenvalue weighted by molar-refractivity contribution is 5.95. The fourth-order valence-electron chi connectivity index (χ4n) is 3.03. The first-order chi connectivity index (χ1) is 11.8. The van der Waals surface area contributed by atoms with E-state index in [1.54, 1.807) is 31.9 Å². The van der Waals surface area contributed by atoms with Crippen molar-refractivity contribution in [1.29, 1.82) is 0 Å². The number of hydrogen-bond acceptors (Lipinski definition) is 7. The van der Waals surface area contributed by atoms with Crippen LogP contribution >= 0.6 is 0 Å². The maximum atomic E-state index is 6.09. The maximum absolute atomic E-state index is 6.09. The van der Waals surface area contributed by atoms with Gasteiger partial charge in [0, 0.05) is 37.1 Å². The molecule has 0 spiro atoms. The van der Waals surface area contributed by atoms with Crippen LogP contribution in [0.2, 0.25) is 0 Å². The molecule has 0 amide bonds. The molecule has 0 radical (unpaired) electrons. The molecule has 3 aromatic rings. The normalized spacial score (nSPS) is 17.4. The first-order valence-corrected chi connectivity index (χ1v) is 7.87. The summed E-state index contributed by atoms with van der Waals surface area (Å²) < 4.78 is 5.49. The molecule has 1 fully saturated rings. The van der Waals surface area contributed by atoms with E-state index in [9.17, 15) is 0 Å². The van der Waals surface area contributed by atoms with Gasteiger partial charge in [0.2, 0.25) is 0 Å². The Morgan fingerprint density at radius 2 is 2.00 bits per heavy atom. The predicted molar refractivity (Wildman–Crippen MR) is 91.9 cm³/mol. The Kier molecular flexibility index (Phi) is 3.70. The minimum absolute atomic E-state index is 0.159. The number of hydrogen-bond donors (Lipinski definition) is 1. The monoisotopic (exact) mass is 322 g/mol. The van der Waals surface area contributed by atoms with E-state index in [0.717, 1.165) is 41.8 Å². The van der Waals surface area contributed by atoms with Crippen LogP contribution in [0.1, 0.15) is 6.42 Å². The summed E-state index contributed by atoms with van der Waals surface area (Å²) in [7, 11) is 1.63. The van der Waals surface area contributed by atoms with E-state index in [1.807, 2.05) is 12.1 Å². The lowest BCUT2D eigenvalue weighted by molar-refractivity contribution is 0.418. The van der Waals surface area contributed by atoms with E-state index in [-0.39, 0.29) is 6.04 Å². The van der Waals surface area contributed by atoms with Gasteiger partial charge in [-0.1, -0.05) is 0 Å². The second-order valence-corrected chi connectivity index (χ2v) is 5.84. The molecule has 7 nitrogen and oxygen atoms in total. The number of aromatic nitrogens is 4. The fourth-order valence-corrected chi connectivity index (χ4v) is 3.03. The van der Waals surface area contributed by atoms with Crippen LogP contribution in [0.5, 0.6) is 5.75 Å². The van der Waals surface area contributed by atoms with Gasteiger partial charge in [-0.25, -0.2) is 9.97 Å². The van der Waals surface area contributed by atoms with E-state index in [2.05, 4.69) is 19.9 Å². The zero-order chi connectivity index (χ0) is 16.5. The summed E-state index contributed by atoms with van der Waals surface area (Å²) in [4.78, 5) is 20.0. The number of ether oxygens (including phenoxy) is 1. The lowest BCUT2D eigenvalue weighted by Crippen LogP contribution is -2.27. The van der Waals surface area contributed by atoms with Crippen molar-refractivity contribution in [3.8, 4) is 17.1 Å². The lowest BCUT2D eigenvalue weighted by atomic mass is 10.2. The molecule has 0 aliphatic carbocycles. The number of methoxy groups -OCH3 is 1. The molecule has 4 rings (SSSR count). The third-order valence-electron chi connectivity index (χ3n) is 4.24. The molecular weight excluding hydrogens is 304 g/mol. The van der Waals surface area contributed by atoms with Gasteiger partial charge >= 0.3 is 0 Å². The smallest absolute Gasteiger partial charge is 0.162 e. The number of nitrogens with zero attached hydrogens (tertiary/aromatic N) is 5. The Bertz CT molecular complexity index is 870. The molecule has 1 saturated heterocycles. The zero-order valence-corrected chi connectivity index (χ0v) is 13.4. The first kappa shape index (κ1) is 14.8. The molecule has 3 aromatic heterocycles. The summed E-state index contributed by atoms with van der Waals surface area (Å²) in [6.45, 7) is 1.64. The van der Waals surface area contributed by atoms with Crippen molar-refractivity contribution in [3.05, 3.63) is 36.9 Å². The summed E-state index contributed by atoms with van der Waals surface area (Å²) >= 11 is 0. The molecule has 7 heteroatoms. The van der Waals surface area contributed by atoms with Crippen LogP contribution in [-0.2, 0) is 0 Å². The first-order valence-electron chi connectivity index (χ1n) is 7.87. The van der Waals surface area contributed by atoms with E-state index in [0.29, 0.717) is 11.6 Å². The third-order valence-corrected chi connectivity index (χ3v) is 4.24.